The van der Waals surface area contributed by atoms with Crippen molar-refractivity contribution >= 4 is 11.1 Å². The van der Waals surface area contributed by atoms with Gasteiger partial charge in [0.2, 0.25) is 11.1 Å². The summed E-state index contributed by atoms with van der Waals surface area (Å²) < 4.78 is 21.4. The molecular formula is C12H18O3S. The Balaban J connectivity index is 3.12. The monoisotopic (exact) mass is 242 g/mol. The van der Waals surface area contributed by atoms with E-state index in [0.717, 1.165) is 11.3 Å². The van der Waals surface area contributed by atoms with Crippen molar-refractivity contribution in [1.82, 2.24) is 0 Å². The van der Waals surface area contributed by atoms with E-state index in [-0.39, 0.29) is 5.41 Å². The van der Waals surface area contributed by atoms with Crippen LogP contribution in [0, 0.1) is 0 Å². The van der Waals surface area contributed by atoms with Gasteiger partial charge >= 0.3 is 0 Å². The normalized spacial score (nSPS) is 13.3. The average molecular weight is 242 g/mol. The Morgan fingerprint density at radius 3 is 2.31 bits per heavy atom. The molecule has 1 atom stereocenters. The summed E-state index contributed by atoms with van der Waals surface area (Å²) >= 11 is -1.31. The van der Waals surface area contributed by atoms with Gasteiger partial charge in [0.1, 0.15) is 11.5 Å². The highest BCUT2D eigenvalue weighted by Gasteiger charge is 2.19. The molecule has 1 aromatic rings. The van der Waals surface area contributed by atoms with Gasteiger partial charge in [-0.05, 0) is 17.0 Å². The Kier molecular flexibility index (Phi) is 3.97. The molecule has 0 fully saturated rings. The maximum absolute atomic E-state index is 10.9. The van der Waals surface area contributed by atoms with Crippen LogP contribution >= 0.6 is 0 Å². The first-order valence-corrected chi connectivity index (χ1v) is 6.53. The summed E-state index contributed by atoms with van der Waals surface area (Å²) in [6.07, 6.45) is 1.49. The fourth-order valence-electron chi connectivity index (χ4n) is 1.48. The van der Waals surface area contributed by atoms with Crippen LogP contribution in [0.3, 0.4) is 0 Å². The van der Waals surface area contributed by atoms with Crippen LogP contribution in [0.1, 0.15) is 26.3 Å². The number of benzene rings is 1. The second-order valence-corrected chi connectivity index (χ2v) is 5.57. The second kappa shape index (κ2) is 4.87. The van der Waals surface area contributed by atoms with Crippen molar-refractivity contribution < 1.29 is 13.1 Å². The summed E-state index contributed by atoms with van der Waals surface area (Å²) in [5.74, 6) is 1.32. The highest BCUT2D eigenvalue weighted by molar-refractivity contribution is 7.79. The smallest absolute Gasteiger partial charge is 0.203 e. The minimum absolute atomic E-state index is 0.00917. The van der Waals surface area contributed by atoms with Gasteiger partial charge in [0.25, 0.3) is 0 Å². The second-order valence-electron chi connectivity index (χ2n) is 4.60. The molecule has 0 radical (unpaired) electrons. The number of hydrogen-bond acceptors (Lipinski definition) is 3. The maximum Gasteiger partial charge on any atom is 0.203 e. The fraction of sp³-hybridized carbons (Fsp3) is 0.500. The van der Waals surface area contributed by atoms with Crippen LogP contribution in [0.15, 0.2) is 18.2 Å². The highest BCUT2D eigenvalue weighted by atomic mass is 32.2. The van der Waals surface area contributed by atoms with E-state index in [2.05, 4.69) is 20.8 Å². The van der Waals surface area contributed by atoms with Crippen LogP contribution in [0.2, 0.25) is 0 Å². The third-order valence-corrected chi connectivity index (χ3v) is 2.62. The summed E-state index contributed by atoms with van der Waals surface area (Å²) in [5.41, 5.74) is 1.11. The van der Waals surface area contributed by atoms with E-state index >= 15 is 0 Å². The summed E-state index contributed by atoms with van der Waals surface area (Å²) in [4.78, 5) is 0. The van der Waals surface area contributed by atoms with Crippen LogP contribution < -0.4 is 8.92 Å². The van der Waals surface area contributed by atoms with Crippen molar-refractivity contribution in [2.75, 3.05) is 13.4 Å². The molecule has 16 heavy (non-hydrogen) atoms. The SMILES string of the molecule is COc1cc(OS(C)=O)ccc1C(C)(C)C. The minimum Gasteiger partial charge on any atom is -0.496 e. The van der Waals surface area contributed by atoms with Crippen LogP contribution in [-0.4, -0.2) is 17.6 Å². The van der Waals surface area contributed by atoms with Crippen LogP contribution in [0.5, 0.6) is 11.5 Å². The third kappa shape index (κ3) is 3.23. The van der Waals surface area contributed by atoms with Crippen molar-refractivity contribution in [3.8, 4) is 11.5 Å². The lowest BCUT2D eigenvalue weighted by Crippen LogP contribution is -2.12. The predicted octanol–water partition coefficient (Wildman–Crippen LogP) is 2.67. The molecule has 0 aromatic heterocycles. The van der Waals surface area contributed by atoms with Crippen LogP contribution in [0.4, 0.5) is 0 Å². The Bertz CT molecular complexity index is 394. The molecule has 0 spiro atoms. The van der Waals surface area contributed by atoms with Crippen LogP contribution in [-0.2, 0) is 16.5 Å². The topological polar surface area (TPSA) is 35.5 Å². The van der Waals surface area contributed by atoms with Crippen molar-refractivity contribution in [3.05, 3.63) is 23.8 Å². The number of ether oxygens (including phenoxy) is 1. The van der Waals surface area contributed by atoms with Gasteiger partial charge in [-0.1, -0.05) is 26.8 Å². The molecule has 1 unspecified atom stereocenters. The lowest BCUT2D eigenvalue weighted by molar-refractivity contribution is 0.395. The van der Waals surface area contributed by atoms with Crippen molar-refractivity contribution in [1.29, 1.82) is 0 Å². The zero-order valence-electron chi connectivity index (χ0n) is 10.4. The van der Waals surface area contributed by atoms with Gasteiger partial charge in [0.15, 0.2) is 0 Å². The predicted molar refractivity (Wildman–Crippen MR) is 66.4 cm³/mol. The van der Waals surface area contributed by atoms with Crippen molar-refractivity contribution in [2.24, 2.45) is 0 Å². The lowest BCUT2D eigenvalue weighted by Gasteiger charge is -2.22. The van der Waals surface area contributed by atoms with Crippen molar-refractivity contribution in [3.63, 3.8) is 0 Å². The van der Waals surface area contributed by atoms with Crippen LogP contribution in [0.25, 0.3) is 0 Å². The lowest BCUT2D eigenvalue weighted by atomic mass is 9.86. The molecular weight excluding hydrogens is 224 g/mol. The molecule has 1 aromatic carbocycles. The molecule has 0 heterocycles. The number of rotatable bonds is 3. The molecule has 0 aliphatic rings. The minimum atomic E-state index is -1.31. The van der Waals surface area contributed by atoms with Gasteiger partial charge in [0.05, 0.1) is 7.11 Å². The molecule has 0 saturated heterocycles. The molecule has 0 aliphatic heterocycles. The Morgan fingerprint density at radius 1 is 1.25 bits per heavy atom. The molecule has 0 bridgehead atoms. The Labute approximate surface area is 99.4 Å². The highest BCUT2D eigenvalue weighted by Crippen LogP contribution is 2.34. The fourth-order valence-corrected chi connectivity index (χ4v) is 1.85. The van der Waals surface area contributed by atoms with E-state index in [0.29, 0.717) is 5.75 Å². The molecule has 3 nitrogen and oxygen atoms in total. The average Bonchev–Trinajstić information content (AvgIpc) is 2.14. The largest absolute Gasteiger partial charge is 0.496 e. The zero-order valence-corrected chi connectivity index (χ0v) is 11.2. The summed E-state index contributed by atoms with van der Waals surface area (Å²) in [6, 6.07) is 5.52. The van der Waals surface area contributed by atoms with Gasteiger partial charge in [-0.3, -0.25) is 0 Å². The molecule has 1 rings (SSSR count). The van der Waals surface area contributed by atoms with Gasteiger partial charge in [-0.15, -0.1) is 0 Å². The zero-order chi connectivity index (χ0) is 12.3. The van der Waals surface area contributed by atoms with E-state index in [4.69, 9.17) is 8.92 Å². The van der Waals surface area contributed by atoms with Crippen molar-refractivity contribution in [2.45, 2.75) is 26.2 Å². The standard InChI is InChI=1S/C12H18O3S/c1-12(2,3)10-7-6-9(15-16(5)13)8-11(10)14-4/h6-8H,1-5H3. The number of hydrogen-bond donors (Lipinski definition) is 0. The van der Waals surface area contributed by atoms with Gasteiger partial charge in [-0.25, -0.2) is 4.21 Å². The molecule has 0 N–H and O–H groups in total. The van der Waals surface area contributed by atoms with Gasteiger partial charge in [-0.2, -0.15) is 0 Å². The summed E-state index contributed by atoms with van der Waals surface area (Å²) in [6.45, 7) is 6.34. The number of methoxy groups -OCH3 is 1. The molecule has 0 saturated carbocycles. The molecule has 90 valence electrons. The van der Waals surface area contributed by atoms with E-state index in [1.165, 1.54) is 6.26 Å². The maximum atomic E-state index is 10.9. The molecule has 4 heteroatoms. The van der Waals surface area contributed by atoms with Gasteiger partial charge in [0, 0.05) is 12.3 Å². The first-order valence-electron chi connectivity index (χ1n) is 5.05. The van der Waals surface area contributed by atoms with E-state index in [1.54, 1.807) is 13.2 Å². The van der Waals surface area contributed by atoms with E-state index in [9.17, 15) is 4.21 Å². The summed E-state index contributed by atoms with van der Waals surface area (Å²) in [7, 11) is 1.62. The quantitative estimate of drug-likeness (QED) is 0.817. The first kappa shape index (κ1) is 13.0. The van der Waals surface area contributed by atoms with E-state index < -0.39 is 11.1 Å². The Hall–Kier alpha value is -1.03. The molecule has 0 amide bonds. The van der Waals surface area contributed by atoms with Gasteiger partial charge < -0.3 is 8.92 Å². The summed E-state index contributed by atoms with van der Waals surface area (Å²) in [5, 5.41) is 0. The van der Waals surface area contributed by atoms with E-state index in [1.807, 2.05) is 12.1 Å². The first-order chi connectivity index (χ1) is 7.34. The Morgan fingerprint density at radius 2 is 1.88 bits per heavy atom. The molecule has 0 aliphatic carbocycles. The third-order valence-electron chi connectivity index (χ3n) is 2.19.